The summed E-state index contributed by atoms with van der Waals surface area (Å²) in [5.41, 5.74) is -1.32. The first kappa shape index (κ1) is 23.4. The zero-order valence-electron chi connectivity index (χ0n) is 17.9. The smallest absolute Gasteiger partial charge is 0.356 e. The van der Waals surface area contributed by atoms with Crippen LogP contribution in [0.15, 0.2) is 97.1 Å². The number of hydrogen-bond donors (Lipinski definition) is 2. The van der Waals surface area contributed by atoms with Crippen LogP contribution in [0, 0.1) is 0 Å². The number of benzene rings is 3. The van der Waals surface area contributed by atoms with Crippen LogP contribution in [0.1, 0.15) is 34.5 Å². The third kappa shape index (κ3) is 5.72. The van der Waals surface area contributed by atoms with Gasteiger partial charge in [-0.2, -0.15) is 5.06 Å². The van der Waals surface area contributed by atoms with Crippen molar-refractivity contribution in [2.75, 3.05) is 0 Å². The first-order valence-electron chi connectivity index (χ1n) is 10.1. The van der Waals surface area contributed by atoms with Gasteiger partial charge in [-0.25, -0.2) is 9.59 Å². The fourth-order valence-electron chi connectivity index (χ4n) is 3.22. The van der Waals surface area contributed by atoms with Crippen molar-refractivity contribution in [3.05, 3.63) is 114 Å². The van der Waals surface area contributed by atoms with E-state index in [0.29, 0.717) is 5.06 Å². The Hall–Kier alpha value is -4.23. The molecule has 0 aliphatic carbocycles. The third-order valence-electron chi connectivity index (χ3n) is 4.94. The Balaban J connectivity index is 2.04. The van der Waals surface area contributed by atoms with E-state index in [-0.39, 0.29) is 11.1 Å². The van der Waals surface area contributed by atoms with E-state index in [9.17, 15) is 24.6 Å². The van der Waals surface area contributed by atoms with E-state index in [1.165, 1.54) is 18.2 Å². The van der Waals surface area contributed by atoms with E-state index >= 15 is 0 Å². The average Bonchev–Trinajstić information content (AvgIpc) is 2.83. The second kappa shape index (κ2) is 10.4. The van der Waals surface area contributed by atoms with Gasteiger partial charge in [0.2, 0.25) is 0 Å². The zero-order valence-corrected chi connectivity index (χ0v) is 17.9. The number of hydrogen-bond acceptors (Lipinski definition) is 5. The second-order valence-electron chi connectivity index (χ2n) is 7.42. The van der Waals surface area contributed by atoms with Crippen molar-refractivity contribution < 1.29 is 29.4 Å². The lowest BCUT2D eigenvalue weighted by Gasteiger charge is -2.36. The van der Waals surface area contributed by atoms with Crippen molar-refractivity contribution in [3.63, 3.8) is 0 Å². The highest BCUT2D eigenvalue weighted by Gasteiger charge is 2.48. The van der Waals surface area contributed by atoms with Crippen LogP contribution in [-0.2, 0) is 14.4 Å². The maximum atomic E-state index is 13.4. The Morgan fingerprint density at radius 3 is 1.94 bits per heavy atom. The van der Waals surface area contributed by atoms with Crippen LogP contribution >= 0.6 is 0 Å². The molecule has 3 aromatic rings. The van der Waals surface area contributed by atoms with Crippen LogP contribution in [0.3, 0.4) is 0 Å². The van der Waals surface area contributed by atoms with Crippen LogP contribution < -0.4 is 0 Å². The molecule has 0 radical (unpaired) electrons. The lowest BCUT2D eigenvalue weighted by molar-refractivity contribution is -0.205. The van der Waals surface area contributed by atoms with Gasteiger partial charge in [0.05, 0.1) is 0 Å². The topological polar surface area (TPSA) is 104 Å². The summed E-state index contributed by atoms with van der Waals surface area (Å²) in [7, 11) is 0. The minimum absolute atomic E-state index is 0.152. The lowest BCUT2D eigenvalue weighted by atomic mass is 9.89. The van der Waals surface area contributed by atoms with Gasteiger partial charge in [0.25, 0.3) is 5.91 Å². The van der Waals surface area contributed by atoms with E-state index in [2.05, 4.69) is 0 Å². The summed E-state index contributed by atoms with van der Waals surface area (Å²) >= 11 is 0. The quantitative estimate of drug-likeness (QED) is 0.423. The molecule has 3 rings (SSSR count). The molecule has 0 aliphatic heterocycles. The number of hydroxylamine groups is 2. The molecule has 0 bridgehead atoms. The molecule has 168 valence electrons. The number of carboxylic acids is 1. The first-order chi connectivity index (χ1) is 15.8. The number of carbonyl (C=O) groups excluding carboxylic acids is 2. The number of nitrogens with zero attached hydrogens (tertiary/aromatic N) is 1. The van der Waals surface area contributed by atoms with Gasteiger partial charge in [-0.3, -0.25) is 4.79 Å². The largest absolute Gasteiger partial charge is 0.479 e. The molecule has 2 N–H and O–H groups in total. The molecule has 0 spiro atoms. The molecule has 1 amide bonds. The second-order valence-corrected chi connectivity index (χ2v) is 7.42. The highest BCUT2D eigenvalue weighted by molar-refractivity contribution is 5.96. The molecular formula is C26H23NO6. The summed E-state index contributed by atoms with van der Waals surface area (Å²) in [5, 5.41) is 21.2. The molecule has 3 aromatic carbocycles. The van der Waals surface area contributed by atoms with Crippen LogP contribution in [0.5, 0.6) is 0 Å². The fourth-order valence-corrected chi connectivity index (χ4v) is 3.22. The summed E-state index contributed by atoms with van der Waals surface area (Å²) in [6, 6.07) is 23.4. The Morgan fingerprint density at radius 1 is 0.879 bits per heavy atom. The van der Waals surface area contributed by atoms with Crippen LogP contribution in [-0.4, -0.2) is 38.7 Å². The molecular weight excluding hydrogens is 422 g/mol. The van der Waals surface area contributed by atoms with Crippen LogP contribution in [0.4, 0.5) is 0 Å². The van der Waals surface area contributed by atoms with E-state index < -0.39 is 29.5 Å². The number of rotatable bonds is 7. The van der Waals surface area contributed by atoms with Crippen molar-refractivity contribution in [1.29, 1.82) is 0 Å². The minimum atomic E-state index is -2.48. The van der Waals surface area contributed by atoms with Crippen molar-refractivity contribution in [3.8, 4) is 0 Å². The van der Waals surface area contributed by atoms with Crippen molar-refractivity contribution >= 4 is 23.9 Å². The van der Waals surface area contributed by atoms with E-state index in [1.807, 2.05) is 6.07 Å². The molecule has 0 fully saturated rings. The Morgan fingerprint density at radius 2 is 1.39 bits per heavy atom. The normalized spacial score (nSPS) is 13.6. The van der Waals surface area contributed by atoms with Gasteiger partial charge in [0.15, 0.2) is 5.60 Å². The summed E-state index contributed by atoms with van der Waals surface area (Å²) in [6.07, 6.45) is 2.62. The number of carbonyl (C=O) groups is 3. The molecule has 33 heavy (non-hydrogen) atoms. The van der Waals surface area contributed by atoms with Crippen molar-refractivity contribution in [1.82, 2.24) is 5.06 Å². The van der Waals surface area contributed by atoms with E-state index in [0.717, 1.165) is 18.6 Å². The fraction of sp³-hybridized carbons (Fsp3) is 0.115. The molecule has 0 saturated carbocycles. The lowest BCUT2D eigenvalue weighted by Crippen LogP contribution is -2.52. The van der Waals surface area contributed by atoms with E-state index in [1.54, 1.807) is 72.8 Å². The van der Waals surface area contributed by atoms with E-state index in [4.69, 9.17) is 4.84 Å². The molecule has 7 heteroatoms. The SMILES string of the molecule is CC(O)(C(=O)O)C(c1ccccc1)N(OC(=O)C=Cc1ccccc1)C(=O)c1ccccc1. The van der Waals surface area contributed by atoms with Crippen LogP contribution in [0.2, 0.25) is 0 Å². The molecule has 7 nitrogen and oxygen atoms in total. The number of aliphatic carboxylic acids is 1. The summed E-state index contributed by atoms with van der Waals surface area (Å²) in [4.78, 5) is 43.4. The molecule has 0 saturated heterocycles. The van der Waals surface area contributed by atoms with Crippen molar-refractivity contribution in [2.24, 2.45) is 0 Å². The molecule has 0 heterocycles. The molecule has 2 atom stereocenters. The van der Waals surface area contributed by atoms with Gasteiger partial charge in [-0.15, -0.1) is 0 Å². The monoisotopic (exact) mass is 445 g/mol. The molecule has 0 aliphatic rings. The van der Waals surface area contributed by atoms with Crippen molar-refractivity contribution in [2.45, 2.75) is 18.6 Å². The first-order valence-corrected chi connectivity index (χ1v) is 10.1. The number of amides is 1. The van der Waals surface area contributed by atoms with Gasteiger partial charge in [-0.05, 0) is 36.3 Å². The number of carboxylic acid groups (broad SMARTS) is 1. The Labute approximate surface area is 191 Å². The van der Waals surface area contributed by atoms with Crippen LogP contribution in [0.25, 0.3) is 6.08 Å². The molecule has 0 aromatic heterocycles. The van der Waals surface area contributed by atoms with Gasteiger partial charge < -0.3 is 15.1 Å². The summed E-state index contributed by atoms with van der Waals surface area (Å²) < 4.78 is 0. The predicted molar refractivity (Wildman–Crippen MR) is 122 cm³/mol. The summed E-state index contributed by atoms with van der Waals surface area (Å²) in [6.45, 7) is 1.05. The predicted octanol–water partition coefficient (Wildman–Crippen LogP) is 3.88. The van der Waals surface area contributed by atoms with Gasteiger partial charge in [0.1, 0.15) is 6.04 Å². The zero-order chi connectivity index (χ0) is 23.8. The maximum absolute atomic E-state index is 13.4. The highest BCUT2D eigenvalue weighted by Crippen LogP contribution is 2.34. The maximum Gasteiger partial charge on any atom is 0.356 e. The minimum Gasteiger partial charge on any atom is -0.479 e. The molecule has 2 unspecified atom stereocenters. The Kier molecular flexibility index (Phi) is 7.38. The van der Waals surface area contributed by atoms with Gasteiger partial charge in [-0.1, -0.05) is 78.9 Å². The third-order valence-corrected chi connectivity index (χ3v) is 4.94. The van der Waals surface area contributed by atoms with Gasteiger partial charge in [0, 0.05) is 11.6 Å². The Bertz CT molecular complexity index is 1130. The standard InChI is InChI=1S/C26H23NO6/c1-26(32,25(30)31)23(20-13-7-3-8-14-20)27(24(29)21-15-9-4-10-16-21)33-22(28)18-17-19-11-5-2-6-12-19/h2-18,23,32H,1H3,(H,30,31). The highest BCUT2D eigenvalue weighted by atomic mass is 16.7. The van der Waals surface area contributed by atoms with Gasteiger partial charge >= 0.3 is 11.9 Å². The summed E-state index contributed by atoms with van der Waals surface area (Å²) in [5.74, 6) is -3.28. The number of aliphatic hydroxyl groups is 1. The average molecular weight is 445 g/mol.